The lowest BCUT2D eigenvalue weighted by atomic mass is 9.61. The Kier molecular flexibility index (Phi) is 10.9. The van der Waals surface area contributed by atoms with E-state index in [0.717, 1.165) is 42.8 Å². The van der Waals surface area contributed by atoms with E-state index in [2.05, 4.69) is 4.90 Å². The number of aromatic hydroxyl groups is 1. The molecule has 2 atom stereocenters. The number of likely N-dealkylation sites (tertiary alicyclic amines) is 1. The van der Waals surface area contributed by atoms with Crippen molar-refractivity contribution in [1.82, 2.24) is 4.90 Å². The van der Waals surface area contributed by atoms with E-state index in [1.54, 1.807) is 6.07 Å². The number of benzene rings is 1. The Bertz CT molecular complexity index is 734. The minimum Gasteiger partial charge on any atom is -0.507 e. The van der Waals surface area contributed by atoms with Gasteiger partial charge in [-0.1, -0.05) is 12.5 Å². The first-order valence-corrected chi connectivity index (χ1v) is 10.7. The maximum Gasteiger partial charge on any atom is 0.323 e. The minimum atomic E-state index is -1.28. The Morgan fingerprint density at radius 3 is 2.61 bits per heavy atom. The number of rotatable bonds is 8. The van der Waals surface area contributed by atoms with Crippen LogP contribution in [-0.4, -0.2) is 65.9 Å². The molecule has 0 amide bonds. The largest absolute Gasteiger partial charge is 0.507 e. The monoisotopic (exact) mass is 476 g/mol. The van der Waals surface area contributed by atoms with Crippen LogP contribution in [0.2, 0.25) is 5.82 Å². The van der Waals surface area contributed by atoms with E-state index in [1.807, 2.05) is 13.9 Å². The van der Waals surface area contributed by atoms with Crippen molar-refractivity contribution in [2.75, 3.05) is 26.3 Å². The van der Waals surface area contributed by atoms with Crippen molar-refractivity contribution < 1.29 is 24.9 Å². The Hall–Kier alpha value is -1.19. The number of carboxylic acids is 1. The molecule has 2 aliphatic heterocycles. The van der Waals surface area contributed by atoms with E-state index in [4.69, 9.17) is 15.6 Å². The van der Waals surface area contributed by atoms with Gasteiger partial charge in [0.25, 0.3) is 0 Å². The average Bonchev–Trinajstić information content (AvgIpc) is 2.73. The summed E-state index contributed by atoms with van der Waals surface area (Å²) in [5, 5.41) is 29.3. The summed E-state index contributed by atoms with van der Waals surface area (Å²) in [5.74, 6) is -0.204. The van der Waals surface area contributed by atoms with Crippen LogP contribution in [0.25, 0.3) is 0 Å². The molecule has 7 nitrogen and oxygen atoms in total. The zero-order valence-electron chi connectivity index (χ0n) is 18.1. The number of nitrogens with zero attached hydrogens (tertiary/aromatic N) is 1. The zero-order chi connectivity index (χ0) is 21.0. The fourth-order valence-corrected chi connectivity index (χ4v) is 4.85. The van der Waals surface area contributed by atoms with Gasteiger partial charge in [-0.2, -0.15) is 0 Å². The maximum atomic E-state index is 12.1. The SMILES string of the molecule is BC(CCCO)C(N)(C(=O)O)C1CCN(Cc2c(O)ccc3c2OCCC3)CC1.Cl.Cl. The van der Waals surface area contributed by atoms with Gasteiger partial charge >= 0.3 is 5.97 Å². The lowest BCUT2D eigenvalue weighted by Crippen LogP contribution is -2.59. The summed E-state index contributed by atoms with van der Waals surface area (Å²) in [6, 6.07) is 3.68. The number of aliphatic hydroxyl groups is 1. The number of phenolic OH excluding ortho intramolecular Hbond substituents is 1. The summed E-state index contributed by atoms with van der Waals surface area (Å²) in [6.07, 6.45) is 4.51. The summed E-state index contributed by atoms with van der Waals surface area (Å²) in [5.41, 5.74) is 7.14. The van der Waals surface area contributed by atoms with Crippen LogP contribution >= 0.6 is 24.8 Å². The molecule has 2 heterocycles. The van der Waals surface area contributed by atoms with Crippen molar-refractivity contribution >= 4 is 38.6 Å². The molecule has 176 valence electrons. The van der Waals surface area contributed by atoms with Crippen molar-refractivity contribution in [3.8, 4) is 11.5 Å². The second-order valence-corrected chi connectivity index (χ2v) is 8.56. The number of carbonyl (C=O) groups is 1. The lowest BCUT2D eigenvalue weighted by molar-refractivity contribution is -0.147. The molecule has 1 saturated heterocycles. The number of ether oxygens (including phenoxy) is 1. The van der Waals surface area contributed by atoms with Crippen molar-refractivity contribution in [1.29, 1.82) is 0 Å². The third-order valence-corrected chi connectivity index (χ3v) is 6.78. The molecule has 10 heteroatoms. The fourth-order valence-electron chi connectivity index (χ4n) is 4.85. The van der Waals surface area contributed by atoms with E-state index < -0.39 is 11.5 Å². The van der Waals surface area contributed by atoms with Crippen molar-refractivity contribution in [2.24, 2.45) is 11.7 Å². The molecule has 0 aromatic heterocycles. The number of nitrogens with two attached hydrogens (primary N) is 1. The normalized spacial score (nSPS) is 19.7. The number of aliphatic carboxylic acids is 1. The van der Waals surface area contributed by atoms with Crippen LogP contribution in [0.15, 0.2) is 12.1 Å². The van der Waals surface area contributed by atoms with Gasteiger partial charge in [0, 0.05) is 13.2 Å². The fraction of sp³-hybridized carbons (Fsp3) is 0.667. The number of piperidine rings is 1. The first kappa shape index (κ1) is 27.8. The molecule has 2 unspecified atom stereocenters. The number of phenols is 1. The molecule has 0 radical (unpaired) electrons. The van der Waals surface area contributed by atoms with Gasteiger partial charge in [0.05, 0.1) is 12.2 Å². The van der Waals surface area contributed by atoms with Crippen LogP contribution in [0, 0.1) is 5.92 Å². The molecule has 31 heavy (non-hydrogen) atoms. The van der Waals surface area contributed by atoms with Gasteiger partial charge in [0.15, 0.2) is 0 Å². The molecule has 0 spiro atoms. The van der Waals surface area contributed by atoms with Crippen LogP contribution < -0.4 is 10.5 Å². The number of aliphatic hydroxyl groups excluding tert-OH is 1. The molecule has 0 bridgehead atoms. The number of carboxylic acid groups (broad SMARTS) is 1. The lowest BCUT2D eigenvalue weighted by Gasteiger charge is -2.43. The van der Waals surface area contributed by atoms with E-state index >= 15 is 0 Å². The first-order chi connectivity index (χ1) is 13.9. The van der Waals surface area contributed by atoms with Crippen LogP contribution in [-0.2, 0) is 17.8 Å². The summed E-state index contributed by atoms with van der Waals surface area (Å²) >= 11 is 0. The van der Waals surface area contributed by atoms with Gasteiger partial charge in [0.1, 0.15) is 24.9 Å². The molecule has 5 N–H and O–H groups in total. The predicted octanol–water partition coefficient (Wildman–Crippen LogP) is 1.75. The van der Waals surface area contributed by atoms with Gasteiger partial charge in [0.2, 0.25) is 0 Å². The molecular weight excluding hydrogens is 442 g/mol. The molecule has 1 aromatic rings. The second-order valence-electron chi connectivity index (χ2n) is 8.56. The maximum absolute atomic E-state index is 12.1. The molecular formula is C21H35BCl2N2O5. The van der Waals surface area contributed by atoms with Gasteiger partial charge in [-0.05, 0) is 68.6 Å². The molecule has 0 aliphatic carbocycles. The highest BCUT2D eigenvalue weighted by Crippen LogP contribution is 2.39. The molecule has 1 aromatic carbocycles. The van der Waals surface area contributed by atoms with E-state index in [1.165, 1.54) is 0 Å². The topological polar surface area (TPSA) is 116 Å². The smallest absolute Gasteiger partial charge is 0.323 e. The van der Waals surface area contributed by atoms with Crippen molar-refractivity contribution in [3.63, 3.8) is 0 Å². The van der Waals surface area contributed by atoms with E-state index in [9.17, 15) is 15.0 Å². The van der Waals surface area contributed by atoms with E-state index in [0.29, 0.717) is 38.8 Å². The molecule has 2 aliphatic rings. The minimum absolute atomic E-state index is 0. The first-order valence-electron chi connectivity index (χ1n) is 10.7. The Labute approximate surface area is 197 Å². The standard InChI is InChI=1S/C21H33BN2O5.2ClH/c22-18(4-1-11-25)21(23,20(27)28)15-7-9-24(10-8-15)13-16-17(26)6-5-14-3-2-12-29-19(14)16;;/h5-6,15,18,25-26H,1-4,7-13,22-23H2,(H,27,28);2*1H. The van der Waals surface area contributed by atoms with Gasteiger partial charge in [-0.25, -0.2) is 0 Å². The predicted molar refractivity (Wildman–Crippen MR) is 128 cm³/mol. The highest BCUT2D eigenvalue weighted by molar-refractivity contribution is 6.15. The quantitative estimate of drug-likeness (QED) is 0.422. The van der Waals surface area contributed by atoms with E-state index in [-0.39, 0.29) is 48.9 Å². The van der Waals surface area contributed by atoms with Crippen LogP contribution in [0.1, 0.15) is 43.2 Å². The highest BCUT2D eigenvalue weighted by Gasteiger charge is 2.47. The molecule has 1 fully saturated rings. The Balaban J connectivity index is 0.00000240. The van der Waals surface area contributed by atoms with Crippen LogP contribution in [0.4, 0.5) is 0 Å². The van der Waals surface area contributed by atoms with Crippen LogP contribution in [0.3, 0.4) is 0 Å². The number of halogens is 2. The number of aryl methyl sites for hydroxylation is 1. The summed E-state index contributed by atoms with van der Waals surface area (Å²) in [6.45, 7) is 2.77. The zero-order valence-corrected chi connectivity index (χ0v) is 19.7. The number of hydrogen-bond donors (Lipinski definition) is 4. The summed E-state index contributed by atoms with van der Waals surface area (Å²) in [4.78, 5) is 14.3. The van der Waals surface area contributed by atoms with Crippen LogP contribution in [0.5, 0.6) is 11.5 Å². The molecule has 0 saturated carbocycles. The Morgan fingerprint density at radius 2 is 2.00 bits per heavy atom. The van der Waals surface area contributed by atoms with Gasteiger partial charge in [-0.15, -0.1) is 24.8 Å². The number of hydrogen-bond acceptors (Lipinski definition) is 6. The van der Waals surface area contributed by atoms with Gasteiger partial charge < -0.3 is 25.8 Å². The van der Waals surface area contributed by atoms with Gasteiger partial charge in [-0.3, -0.25) is 9.69 Å². The second kappa shape index (κ2) is 12.2. The summed E-state index contributed by atoms with van der Waals surface area (Å²) in [7, 11) is 1.88. The van der Waals surface area contributed by atoms with Crippen molar-refractivity contribution in [3.05, 3.63) is 23.3 Å². The molecule has 3 rings (SSSR count). The average molecular weight is 477 g/mol. The summed E-state index contributed by atoms with van der Waals surface area (Å²) < 4.78 is 5.85. The third-order valence-electron chi connectivity index (χ3n) is 6.78. The highest BCUT2D eigenvalue weighted by atomic mass is 35.5. The van der Waals surface area contributed by atoms with Crippen molar-refractivity contribution in [2.45, 2.75) is 56.4 Å². The Morgan fingerprint density at radius 1 is 1.32 bits per heavy atom. The number of fused-ring (bicyclic) bond motifs is 1. The third kappa shape index (κ3) is 5.99.